The molecule has 0 aromatic heterocycles. The summed E-state index contributed by atoms with van der Waals surface area (Å²) < 4.78 is 0. The average molecular weight is 205 g/mol. The van der Waals surface area contributed by atoms with Crippen LogP contribution in [0.4, 0.5) is 5.69 Å². The van der Waals surface area contributed by atoms with Crippen LogP contribution in [0.5, 0.6) is 0 Å². The summed E-state index contributed by atoms with van der Waals surface area (Å²) in [6, 6.07) is 5.20. The lowest BCUT2D eigenvalue weighted by atomic mass is 9.91. The van der Waals surface area contributed by atoms with E-state index in [2.05, 4.69) is 13.8 Å². The Morgan fingerprint density at radius 3 is 2.53 bits per heavy atom. The lowest BCUT2D eigenvalue weighted by molar-refractivity contribution is -0.384. The van der Waals surface area contributed by atoms with Gasteiger partial charge in [0.05, 0.1) is 4.92 Å². The molecule has 0 spiro atoms. The monoisotopic (exact) mass is 205 g/mol. The van der Waals surface area contributed by atoms with Gasteiger partial charge in [0.15, 0.2) is 0 Å². The number of aryl methyl sites for hydroxylation is 1. The van der Waals surface area contributed by atoms with E-state index in [1.165, 1.54) is 12.0 Å². The Balaban J connectivity index is 2.40. The number of nitrogens with zero attached hydrogens (tertiary/aromatic N) is 1. The van der Waals surface area contributed by atoms with E-state index < -0.39 is 0 Å². The highest BCUT2D eigenvalue weighted by atomic mass is 16.6. The van der Waals surface area contributed by atoms with Crippen molar-refractivity contribution in [2.24, 2.45) is 5.92 Å². The average Bonchev–Trinajstić information content (AvgIpc) is 2.75. The molecule has 1 aliphatic rings. The molecule has 0 amide bonds. The predicted octanol–water partition coefficient (Wildman–Crippen LogP) is 3.20. The van der Waals surface area contributed by atoms with Crippen LogP contribution in [0.3, 0.4) is 0 Å². The van der Waals surface area contributed by atoms with Crippen molar-refractivity contribution >= 4 is 5.69 Å². The Morgan fingerprint density at radius 1 is 1.53 bits per heavy atom. The lowest BCUT2D eigenvalue weighted by Crippen LogP contribution is -2.06. The van der Waals surface area contributed by atoms with Crippen LogP contribution in [0.1, 0.15) is 31.4 Å². The van der Waals surface area contributed by atoms with Crippen molar-refractivity contribution in [1.82, 2.24) is 0 Å². The van der Waals surface area contributed by atoms with E-state index >= 15 is 0 Å². The predicted molar refractivity (Wildman–Crippen MR) is 59.0 cm³/mol. The number of nitro groups is 1. The van der Waals surface area contributed by atoms with E-state index in [1.54, 1.807) is 12.1 Å². The minimum atomic E-state index is -0.338. The van der Waals surface area contributed by atoms with Gasteiger partial charge in [-0.25, -0.2) is 0 Å². The Bertz CT molecular complexity index is 428. The van der Waals surface area contributed by atoms with Crippen LogP contribution in [0.25, 0.3) is 0 Å². The number of non-ortho nitro benzene ring substituents is 1. The van der Waals surface area contributed by atoms with Crippen LogP contribution in [-0.4, -0.2) is 4.92 Å². The molecule has 1 aromatic carbocycles. The third-order valence-corrected chi connectivity index (χ3v) is 3.69. The first-order chi connectivity index (χ1) is 6.95. The molecule has 1 aliphatic carbocycles. The summed E-state index contributed by atoms with van der Waals surface area (Å²) >= 11 is 0. The van der Waals surface area contributed by atoms with Crippen molar-refractivity contribution in [1.29, 1.82) is 0 Å². The number of hydrogen-bond donors (Lipinski definition) is 0. The maximum atomic E-state index is 10.6. The number of rotatable bonds is 2. The molecule has 1 aromatic rings. The van der Waals surface area contributed by atoms with Crippen molar-refractivity contribution in [2.75, 3.05) is 0 Å². The number of nitro benzene ring substituents is 1. The molecule has 2 unspecified atom stereocenters. The molecule has 0 N–H and O–H groups in total. The quantitative estimate of drug-likeness (QED) is 0.549. The molecule has 0 heterocycles. The fourth-order valence-electron chi connectivity index (χ4n) is 2.35. The minimum Gasteiger partial charge on any atom is -0.258 e. The summed E-state index contributed by atoms with van der Waals surface area (Å²) in [5.74, 6) is 0.692. The normalized spacial score (nSPS) is 28.9. The second kappa shape index (κ2) is 3.05. The summed E-state index contributed by atoms with van der Waals surface area (Å²) in [4.78, 5) is 10.3. The number of benzene rings is 1. The van der Waals surface area contributed by atoms with Gasteiger partial charge in [-0.3, -0.25) is 10.1 Å². The zero-order valence-electron chi connectivity index (χ0n) is 9.28. The van der Waals surface area contributed by atoms with E-state index in [1.807, 2.05) is 13.0 Å². The second-order valence-corrected chi connectivity index (χ2v) is 4.78. The Morgan fingerprint density at radius 2 is 2.13 bits per heavy atom. The third-order valence-electron chi connectivity index (χ3n) is 3.69. The van der Waals surface area contributed by atoms with Gasteiger partial charge in [-0.1, -0.05) is 19.9 Å². The van der Waals surface area contributed by atoms with Gasteiger partial charge >= 0.3 is 0 Å². The molecule has 2 atom stereocenters. The summed E-state index contributed by atoms with van der Waals surface area (Å²) in [5, 5.41) is 10.6. The van der Waals surface area contributed by atoms with Gasteiger partial charge in [0.25, 0.3) is 5.69 Å². The van der Waals surface area contributed by atoms with Crippen molar-refractivity contribution in [2.45, 2.75) is 32.6 Å². The standard InChI is InChI=1S/C12H15NO2/c1-8-6-10(13(14)15)4-5-11(8)12(3)7-9(12)2/h4-6,9H,7H2,1-3H3. The molecule has 15 heavy (non-hydrogen) atoms. The molecule has 0 radical (unpaired) electrons. The van der Waals surface area contributed by atoms with Crippen LogP contribution in [-0.2, 0) is 5.41 Å². The summed E-state index contributed by atoms with van der Waals surface area (Å²) in [6.45, 7) is 6.41. The van der Waals surface area contributed by atoms with Gasteiger partial charge in [-0.05, 0) is 35.8 Å². The maximum absolute atomic E-state index is 10.6. The van der Waals surface area contributed by atoms with Gasteiger partial charge < -0.3 is 0 Å². The molecule has 0 saturated heterocycles. The van der Waals surface area contributed by atoms with Crippen molar-refractivity contribution in [3.63, 3.8) is 0 Å². The van der Waals surface area contributed by atoms with Gasteiger partial charge in [0, 0.05) is 12.1 Å². The van der Waals surface area contributed by atoms with Crippen molar-refractivity contribution < 1.29 is 4.92 Å². The van der Waals surface area contributed by atoms with E-state index in [-0.39, 0.29) is 16.0 Å². The first-order valence-electron chi connectivity index (χ1n) is 5.20. The molecular formula is C12H15NO2. The lowest BCUT2D eigenvalue weighted by Gasteiger charge is -2.13. The molecule has 80 valence electrons. The zero-order chi connectivity index (χ0) is 11.2. The van der Waals surface area contributed by atoms with E-state index in [4.69, 9.17) is 0 Å². The highest BCUT2D eigenvalue weighted by molar-refractivity contribution is 5.45. The third kappa shape index (κ3) is 1.52. The SMILES string of the molecule is Cc1cc([N+](=O)[O-])ccc1C1(C)CC1C. The highest BCUT2D eigenvalue weighted by Crippen LogP contribution is 2.54. The highest BCUT2D eigenvalue weighted by Gasteiger charge is 2.48. The molecule has 3 heteroatoms. The Kier molecular flexibility index (Phi) is 2.07. The van der Waals surface area contributed by atoms with Crippen LogP contribution in [0, 0.1) is 23.0 Å². The summed E-state index contributed by atoms with van der Waals surface area (Å²) in [6.07, 6.45) is 1.19. The van der Waals surface area contributed by atoms with Crippen LogP contribution < -0.4 is 0 Å². The van der Waals surface area contributed by atoms with Gasteiger partial charge in [-0.15, -0.1) is 0 Å². The smallest absolute Gasteiger partial charge is 0.258 e. The first-order valence-corrected chi connectivity index (χ1v) is 5.20. The van der Waals surface area contributed by atoms with E-state index in [0.717, 1.165) is 5.56 Å². The second-order valence-electron chi connectivity index (χ2n) is 4.78. The van der Waals surface area contributed by atoms with Gasteiger partial charge in [0.1, 0.15) is 0 Å². The van der Waals surface area contributed by atoms with Crippen LogP contribution >= 0.6 is 0 Å². The first kappa shape index (κ1) is 10.1. The molecule has 2 rings (SSSR count). The van der Waals surface area contributed by atoms with Crippen molar-refractivity contribution in [3.8, 4) is 0 Å². The van der Waals surface area contributed by atoms with Crippen molar-refractivity contribution in [3.05, 3.63) is 39.4 Å². The topological polar surface area (TPSA) is 43.1 Å². The molecular weight excluding hydrogens is 190 g/mol. The Hall–Kier alpha value is -1.38. The molecule has 0 bridgehead atoms. The van der Waals surface area contributed by atoms with Crippen LogP contribution in [0.15, 0.2) is 18.2 Å². The largest absolute Gasteiger partial charge is 0.269 e. The van der Waals surface area contributed by atoms with Gasteiger partial charge in [-0.2, -0.15) is 0 Å². The minimum absolute atomic E-state index is 0.188. The molecule has 3 nitrogen and oxygen atoms in total. The Labute approximate surface area is 89.3 Å². The zero-order valence-corrected chi connectivity index (χ0v) is 9.28. The summed E-state index contributed by atoms with van der Waals surface area (Å²) in [7, 11) is 0. The van der Waals surface area contributed by atoms with Crippen LogP contribution in [0.2, 0.25) is 0 Å². The fraction of sp³-hybridized carbons (Fsp3) is 0.500. The molecule has 1 saturated carbocycles. The van der Waals surface area contributed by atoms with Gasteiger partial charge in [0.2, 0.25) is 0 Å². The summed E-state index contributed by atoms with van der Waals surface area (Å²) in [5.41, 5.74) is 2.74. The van der Waals surface area contributed by atoms with E-state index in [9.17, 15) is 10.1 Å². The fourth-order valence-corrected chi connectivity index (χ4v) is 2.35. The maximum Gasteiger partial charge on any atom is 0.269 e. The molecule has 0 aliphatic heterocycles. The number of hydrogen-bond acceptors (Lipinski definition) is 2. The molecule has 1 fully saturated rings. The van der Waals surface area contributed by atoms with E-state index in [0.29, 0.717) is 5.92 Å².